The van der Waals surface area contributed by atoms with Crippen molar-refractivity contribution in [3.8, 4) is 0 Å². The van der Waals surface area contributed by atoms with Crippen molar-refractivity contribution >= 4 is 5.91 Å². The van der Waals surface area contributed by atoms with Crippen LogP contribution in [0.1, 0.15) is 290 Å². The summed E-state index contributed by atoms with van der Waals surface area (Å²) in [6, 6.07) is -0.826. The summed E-state index contributed by atoms with van der Waals surface area (Å²) in [5, 5.41) is 54.5. The van der Waals surface area contributed by atoms with Crippen LogP contribution >= 0.6 is 0 Å². The van der Waals surface area contributed by atoms with E-state index in [-0.39, 0.29) is 12.5 Å². The summed E-state index contributed by atoms with van der Waals surface area (Å²) in [4.78, 5) is 13.1. The van der Waals surface area contributed by atoms with Crippen molar-refractivity contribution in [2.45, 2.75) is 333 Å². The number of carbonyl (C=O) groups excluding carboxylic acids is 1. The number of nitrogens with one attached hydrogen (secondary N) is 1. The average Bonchev–Trinajstić information content (AvgIpc) is 3.38. The van der Waals surface area contributed by atoms with Gasteiger partial charge in [0.25, 0.3) is 0 Å². The Balaban J connectivity index is 2.20. The number of carbonyl (C=O) groups is 1. The van der Waals surface area contributed by atoms with Gasteiger partial charge >= 0.3 is 0 Å². The van der Waals surface area contributed by atoms with Crippen LogP contribution in [0.4, 0.5) is 0 Å². The third-order valence-electron chi connectivity index (χ3n) is 14.6. The molecule has 422 valence electrons. The van der Waals surface area contributed by atoms with Gasteiger partial charge in [-0.25, -0.2) is 0 Å². The maximum atomic E-state index is 13.1. The lowest BCUT2D eigenvalue weighted by atomic mass is 9.99. The Morgan fingerprint density at radius 2 is 0.833 bits per heavy atom. The number of amides is 1. The number of aliphatic hydroxyl groups is 5. The van der Waals surface area contributed by atoms with Crippen LogP contribution in [0.3, 0.4) is 0 Å². The Hall–Kier alpha value is -1.85. The molecule has 1 fully saturated rings. The molecule has 0 bridgehead atoms. The molecule has 9 nitrogen and oxygen atoms in total. The van der Waals surface area contributed by atoms with Gasteiger partial charge in [0.15, 0.2) is 6.29 Å². The first kappa shape index (κ1) is 68.2. The maximum Gasteiger partial charge on any atom is 0.220 e. The van der Waals surface area contributed by atoms with Gasteiger partial charge in [-0.05, 0) is 64.2 Å². The quantitative estimate of drug-likeness (QED) is 0.0261. The summed E-state index contributed by atoms with van der Waals surface area (Å²) in [5.41, 5.74) is 0. The molecule has 1 heterocycles. The molecule has 0 aromatic carbocycles. The van der Waals surface area contributed by atoms with Crippen LogP contribution < -0.4 is 5.32 Å². The first-order valence-electron chi connectivity index (χ1n) is 30.9. The Morgan fingerprint density at radius 3 is 1.28 bits per heavy atom. The zero-order valence-electron chi connectivity index (χ0n) is 46.9. The van der Waals surface area contributed by atoms with Crippen LogP contribution in [0, 0.1) is 0 Å². The molecular formula is C63H117NO8. The van der Waals surface area contributed by atoms with Crippen molar-refractivity contribution < 1.29 is 39.8 Å². The van der Waals surface area contributed by atoms with E-state index < -0.39 is 49.5 Å². The number of hydrogen-bond acceptors (Lipinski definition) is 8. The first-order valence-corrected chi connectivity index (χ1v) is 30.9. The van der Waals surface area contributed by atoms with Crippen molar-refractivity contribution in [2.24, 2.45) is 0 Å². The molecule has 7 atom stereocenters. The van der Waals surface area contributed by atoms with E-state index in [4.69, 9.17) is 9.47 Å². The summed E-state index contributed by atoms with van der Waals surface area (Å²) in [6.07, 6.45) is 63.4. The molecule has 1 aliphatic rings. The van der Waals surface area contributed by atoms with Gasteiger partial charge in [-0.1, -0.05) is 268 Å². The summed E-state index contributed by atoms with van der Waals surface area (Å²) >= 11 is 0. The molecule has 72 heavy (non-hydrogen) atoms. The van der Waals surface area contributed by atoms with E-state index in [0.29, 0.717) is 6.42 Å². The third kappa shape index (κ3) is 41.4. The highest BCUT2D eigenvalue weighted by Gasteiger charge is 2.44. The summed E-state index contributed by atoms with van der Waals surface area (Å²) in [6.45, 7) is 3.76. The zero-order chi connectivity index (χ0) is 52.2. The van der Waals surface area contributed by atoms with E-state index in [1.807, 2.05) is 6.08 Å². The second-order valence-corrected chi connectivity index (χ2v) is 21.5. The maximum absolute atomic E-state index is 13.1. The third-order valence-corrected chi connectivity index (χ3v) is 14.6. The SMILES string of the molecule is CCCCC/C=C\C/C=C\CCCCCCCCCCCC(=O)NC(COC1OC(CO)C(O)C(O)C1O)C(O)/C=C/CC/C=C/CCCCCCCCCCCCCCCCCCCCCCCCCC. The molecular weight excluding hydrogens is 899 g/mol. The number of rotatable bonds is 53. The minimum Gasteiger partial charge on any atom is -0.394 e. The van der Waals surface area contributed by atoms with E-state index in [1.54, 1.807) is 6.08 Å². The number of aliphatic hydroxyl groups excluding tert-OH is 5. The van der Waals surface area contributed by atoms with Gasteiger partial charge < -0.3 is 40.3 Å². The normalized spacial score (nSPS) is 19.5. The highest BCUT2D eigenvalue weighted by atomic mass is 16.7. The molecule has 0 spiro atoms. The molecule has 6 N–H and O–H groups in total. The van der Waals surface area contributed by atoms with E-state index >= 15 is 0 Å². The van der Waals surface area contributed by atoms with Crippen molar-refractivity contribution in [1.29, 1.82) is 0 Å². The van der Waals surface area contributed by atoms with Crippen LogP contribution in [0.15, 0.2) is 48.6 Å². The number of ether oxygens (including phenoxy) is 2. The summed E-state index contributed by atoms with van der Waals surface area (Å²) < 4.78 is 11.3. The van der Waals surface area contributed by atoms with Gasteiger partial charge in [-0.2, -0.15) is 0 Å². The van der Waals surface area contributed by atoms with Gasteiger partial charge in [0.05, 0.1) is 25.4 Å². The lowest BCUT2D eigenvalue weighted by Gasteiger charge is -2.40. The molecule has 0 aromatic heterocycles. The molecule has 0 saturated carbocycles. The standard InChI is InChI=1S/C63H117NO8/c1-3-5-7-9-11-13-15-17-19-21-23-24-25-26-27-28-29-30-31-32-33-35-36-38-40-42-44-46-48-50-52-57(66)56(55-71-63-62(70)61(69)60(68)58(54-65)72-63)64-59(67)53-51-49-47-45-43-41-39-37-34-22-20-18-16-14-12-10-8-6-4-2/h12,14,18,20,42,44,50,52,56-58,60-63,65-66,68-70H,3-11,13,15-17,19,21-41,43,45-49,51,53-55H2,1-2H3,(H,64,67)/b14-12-,20-18-,44-42+,52-50+. The van der Waals surface area contributed by atoms with E-state index in [9.17, 15) is 30.3 Å². The van der Waals surface area contributed by atoms with E-state index in [2.05, 4.69) is 55.6 Å². The second kappa shape index (κ2) is 52.6. The first-order chi connectivity index (χ1) is 35.3. The zero-order valence-corrected chi connectivity index (χ0v) is 46.9. The Labute approximate surface area is 444 Å². The average molecular weight is 1020 g/mol. The fraction of sp³-hybridized carbons (Fsp3) is 0.857. The summed E-state index contributed by atoms with van der Waals surface area (Å²) in [5.74, 6) is -0.189. The topological polar surface area (TPSA) is 149 Å². The fourth-order valence-electron chi connectivity index (χ4n) is 9.73. The van der Waals surface area contributed by atoms with E-state index in [0.717, 1.165) is 51.4 Å². The van der Waals surface area contributed by atoms with Crippen LogP contribution in [0.2, 0.25) is 0 Å². The van der Waals surface area contributed by atoms with Crippen molar-refractivity contribution in [3.63, 3.8) is 0 Å². The highest BCUT2D eigenvalue weighted by Crippen LogP contribution is 2.23. The van der Waals surface area contributed by atoms with Crippen molar-refractivity contribution in [3.05, 3.63) is 48.6 Å². The molecule has 7 unspecified atom stereocenters. The number of unbranched alkanes of at least 4 members (excludes halogenated alkanes) is 37. The lowest BCUT2D eigenvalue weighted by Crippen LogP contribution is -2.60. The molecule has 1 saturated heterocycles. The van der Waals surface area contributed by atoms with Crippen LogP contribution in [-0.4, -0.2) is 87.5 Å². The van der Waals surface area contributed by atoms with Crippen molar-refractivity contribution in [2.75, 3.05) is 13.2 Å². The minimum absolute atomic E-state index is 0.189. The number of allylic oxidation sites excluding steroid dienone is 7. The molecule has 1 rings (SSSR count). The Kier molecular flexibility index (Phi) is 49.8. The highest BCUT2D eigenvalue weighted by molar-refractivity contribution is 5.76. The van der Waals surface area contributed by atoms with Gasteiger partial charge in [-0.15, -0.1) is 0 Å². The smallest absolute Gasteiger partial charge is 0.220 e. The number of hydrogen-bond donors (Lipinski definition) is 6. The lowest BCUT2D eigenvalue weighted by molar-refractivity contribution is -0.302. The molecule has 0 radical (unpaired) electrons. The van der Waals surface area contributed by atoms with E-state index in [1.165, 1.54) is 218 Å². The Bertz CT molecular complexity index is 1270. The molecule has 0 aromatic rings. The monoisotopic (exact) mass is 1020 g/mol. The molecule has 1 amide bonds. The van der Waals surface area contributed by atoms with Gasteiger partial charge in [-0.3, -0.25) is 4.79 Å². The van der Waals surface area contributed by atoms with Gasteiger partial charge in [0.1, 0.15) is 24.4 Å². The van der Waals surface area contributed by atoms with Crippen LogP contribution in [0.5, 0.6) is 0 Å². The molecule has 1 aliphatic heterocycles. The van der Waals surface area contributed by atoms with Gasteiger partial charge in [0, 0.05) is 6.42 Å². The van der Waals surface area contributed by atoms with Crippen molar-refractivity contribution in [1.82, 2.24) is 5.32 Å². The Morgan fingerprint density at radius 1 is 0.472 bits per heavy atom. The fourth-order valence-corrected chi connectivity index (χ4v) is 9.73. The predicted octanol–water partition coefficient (Wildman–Crippen LogP) is 15.7. The molecule has 0 aliphatic carbocycles. The minimum atomic E-state index is -1.57. The van der Waals surface area contributed by atoms with Crippen LogP contribution in [0.25, 0.3) is 0 Å². The van der Waals surface area contributed by atoms with Gasteiger partial charge in [0.2, 0.25) is 5.91 Å². The summed E-state index contributed by atoms with van der Waals surface area (Å²) in [7, 11) is 0. The predicted molar refractivity (Wildman–Crippen MR) is 304 cm³/mol. The molecule has 9 heteroatoms. The second-order valence-electron chi connectivity index (χ2n) is 21.5. The largest absolute Gasteiger partial charge is 0.394 e. The van der Waals surface area contributed by atoms with Crippen LogP contribution in [-0.2, 0) is 14.3 Å².